The first-order valence-electron chi connectivity index (χ1n) is 8.54. The highest BCUT2D eigenvalue weighted by Gasteiger charge is 2.38. The van der Waals surface area contributed by atoms with Gasteiger partial charge in [0.15, 0.2) is 0 Å². The zero-order valence-corrected chi connectivity index (χ0v) is 14.8. The van der Waals surface area contributed by atoms with Crippen molar-refractivity contribution in [2.45, 2.75) is 37.3 Å². The minimum absolute atomic E-state index is 0.332. The first kappa shape index (κ1) is 18.8. The van der Waals surface area contributed by atoms with Gasteiger partial charge in [-0.3, -0.25) is 14.2 Å². The molecule has 1 heterocycles. The summed E-state index contributed by atoms with van der Waals surface area (Å²) in [7, 11) is 1.59. The van der Waals surface area contributed by atoms with Gasteiger partial charge in [0.05, 0.1) is 5.60 Å². The number of benzene rings is 1. The minimum Gasteiger partial charge on any atom is -0.392 e. The maximum Gasteiger partial charge on any atom is 0.329 e. The Morgan fingerprint density at radius 2 is 1.85 bits per heavy atom. The number of rotatable bonds is 4. The Morgan fingerprint density at radius 3 is 2.37 bits per heavy atom. The molecule has 27 heavy (non-hydrogen) atoms. The summed E-state index contributed by atoms with van der Waals surface area (Å²) in [5.74, 6) is -1.30. The SMILES string of the molecule is COC1(c2ccc(F)cc2)CCC(n2c(=O)[nH]c(C(N)=O)c(N)c2=O)CC1. The summed E-state index contributed by atoms with van der Waals surface area (Å²) in [6.45, 7) is 0. The van der Waals surface area contributed by atoms with Crippen molar-refractivity contribution in [2.24, 2.45) is 5.73 Å². The van der Waals surface area contributed by atoms with Gasteiger partial charge in [0.1, 0.15) is 17.2 Å². The number of primary amides is 1. The lowest BCUT2D eigenvalue weighted by molar-refractivity contribution is -0.0536. The molecule has 5 N–H and O–H groups in total. The average molecular weight is 376 g/mol. The zero-order valence-electron chi connectivity index (χ0n) is 14.8. The number of anilines is 1. The van der Waals surface area contributed by atoms with E-state index < -0.39 is 28.8 Å². The largest absolute Gasteiger partial charge is 0.392 e. The first-order valence-corrected chi connectivity index (χ1v) is 8.54. The quantitative estimate of drug-likeness (QED) is 0.732. The molecule has 3 rings (SSSR count). The molecule has 0 saturated heterocycles. The highest BCUT2D eigenvalue weighted by atomic mass is 19.1. The van der Waals surface area contributed by atoms with Crippen LogP contribution in [0.4, 0.5) is 10.1 Å². The Balaban J connectivity index is 1.91. The molecule has 0 spiro atoms. The molecular weight excluding hydrogens is 355 g/mol. The maximum atomic E-state index is 13.2. The van der Waals surface area contributed by atoms with Gasteiger partial charge in [-0.1, -0.05) is 12.1 Å². The number of nitrogen functional groups attached to an aromatic ring is 1. The van der Waals surface area contributed by atoms with E-state index in [1.165, 1.54) is 12.1 Å². The van der Waals surface area contributed by atoms with Crippen LogP contribution in [-0.4, -0.2) is 22.6 Å². The first-order chi connectivity index (χ1) is 12.8. The van der Waals surface area contributed by atoms with Gasteiger partial charge in [-0.15, -0.1) is 0 Å². The summed E-state index contributed by atoms with van der Waals surface area (Å²) in [6, 6.07) is 5.71. The summed E-state index contributed by atoms with van der Waals surface area (Å²) < 4.78 is 20.0. The van der Waals surface area contributed by atoms with Crippen LogP contribution < -0.4 is 22.7 Å². The van der Waals surface area contributed by atoms with Crippen molar-refractivity contribution < 1.29 is 13.9 Å². The van der Waals surface area contributed by atoms with E-state index in [0.29, 0.717) is 25.7 Å². The summed E-state index contributed by atoms with van der Waals surface area (Å²) in [5, 5.41) is 0. The van der Waals surface area contributed by atoms with Crippen molar-refractivity contribution in [3.63, 3.8) is 0 Å². The second-order valence-electron chi connectivity index (χ2n) is 6.69. The van der Waals surface area contributed by atoms with Gasteiger partial charge in [0.2, 0.25) is 0 Å². The van der Waals surface area contributed by atoms with Gasteiger partial charge in [0.25, 0.3) is 11.5 Å². The van der Waals surface area contributed by atoms with Crippen molar-refractivity contribution in [2.75, 3.05) is 12.8 Å². The van der Waals surface area contributed by atoms with Crippen LogP contribution in [0.25, 0.3) is 0 Å². The Labute approximate surface area is 153 Å². The molecule has 1 aromatic heterocycles. The molecule has 0 aliphatic heterocycles. The lowest BCUT2D eigenvalue weighted by Gasteiger charge is -2.39. The molecular formula is C18H21FN4O4. The number of hydrogen-bond donors (Lipinski definition) is 3. The van der Waals surface area contributed by atoms with Crippen molar-refractivity contribution in [1.29, 1.82) is 0 Å². The molecule has 0 radical (unpaired) electrons. The fourth-order valence-corrected chi connectivity index (χ4v) is 3.78. The number of nitrogens with two attached hydrogens (primary N) is 2. The number of aromatic amines is 1. The van der Waals surface area contributed by atoms with Crippen LogP contribution in [0.2, 0.25) is 0 Å². The summed E-state index contributed by atoms with van der Waals surface area (Å²) in [6.07, 6.45) is 2.01. The van der Waals surface area contributed by atoms with Crippen molar-refractivity contribution in [3.05, 3.63) is 62.2 Å². The minimum atomic E-state index is -0.966. The zero-order chi connectivity index (χ0) is 19.8. The average Bonchev–Trinajstić information content (AvgIpc) is 2.66. The molecule has 9 heteroatoms. The number of carbonyl (C=O) groups is 1. The molecule has 1 saturated carbocycles. The van der Waals surface area contributed by atoms with Gasteiger partial charge in [-0.05, 0) is 43.4 Å². The summed E-state index contributed by atoms with van der Waals surface area (Å²) >= 11 is 0. The molecule has 144 valence electrons. The predicted octanol–water partition coefficient (Wildman–Crippen LogP) is 1.01. The fourth-order valence-electron chi connectivity index (χ4n) is 3.78. The standard InChI is InChI=1S/C18H21FN4O4/c1-27-18(10-2-4-11(19)5-3-10)8-6-12(7-9-18)23-16(25)13(20)14(15(21)24)22-17(23)26/h2-5,12H,6-9,20H2,1H3,(H2,21,24)(H,22,26). The molecule has 0 unspecified atom stereocenters. The monoisotopic (exact) mass is 376 g/mol. The fraction of sp³-hybridized carbons (Fsp3) is 0.389. The molecule has 1 aliphatic rings. The predicted molar refractivity (Wildman–Crippen MR) is 96.8 cm³/mol. The van der Waals surface area contributed by atoms with E-state index in [1.54, 1.807) is 19.2 Å². The van der Waals surface area contributed by atoms with Crippen LogP contribution in [0.15, 0.2) is 33.9 Å². The topological polar surface area (TPSA) is 133 Å². The van der Waals surface area contributed by atoms with Crippen LogP contribution in [0.1, 0.15) is 47.8 Å². The van der Waals surface area contributed by atoms with Gasteiger partial charge in [0, 0.05) is 13.2 Å². The lowest BCUT2D eigenvalue weighted by atomic mass is 9.77. The van der Waals surface area contributed by atoms with Crippen molar-refractivity contribution in [3.8, 4) is 0 Å². The number of halogens is 1. The van der Waals surface area contributed by atoms with E-state index in [2.05, 4.69) is 4.98 Å². The molecule has 1 fully saturated rings. The van der Waals surface area contributed by atoms with Gasteiger partial charge in [-0.2, -0.15) is 0 Å². The smallest absolute Gasteiger partial charge is 0.329 e. The number of ether oxygens (including phenoxy) is 1. The normalized spacial score (nSPS) is 22.5. The van der Waals surface area contributed by atoms with E-state index in [-0.39, 0.29) is 17.2 Å². The van der Waals surface area contributed by atoms with Gasteiger partial charge < -0.3 is 21.2 Å². The second kappa shape index (κ2) is 6.99. The van der Waals surface area contributed by atoms with Gasteiger partial charge >= 0.3 is 5.69 Å². The van der Waals surface area contributed by atoms with Crippen LogP contribution in [0, 0.1) is 5.82 Å². The molecule has 0 bridgehead atoms. The number of H-pyrrole nitrogens is 1. The van der Waals surface area contributed by atoms with Gasteiger partial charge in [-0.25, -0.2) is 9.18 Å². The molecule has 1 aromatic carbocycles. The van der Waals surface area contributed by atoms with E-state index in [0.717, 1.165) is 10.1 Å². The number of aromatic nitrogens is 2. The lowest BCUT2D eigenvalue weighted by Crippen LogP contribution is -2.44. The van der Waals surface area contributed by atoms with Crippen LogP contribution in [-0.2, 0) is 10.3 Å². The molecule has 1 amide bonds. The molecule has 1 aliphatic carbocycles. The number of nitrogens with zero attached hydrogens (tertiary/aromatic N) is 1. The Kier molecular flexibility index (Phi) is 4.88. The van der Waals surface area contributed by atoms with E-state index in [1.807, 2.05) is 0 Å². The summed E-state index contributed by atoms with van der Waals surface area (Å²) in [5.41, 5.74) is 8.83. The molecule has 8 nitrogen and oxygen atoms in total. The van der Waals surface area contributed by atoms with Crippen molar-refractivity contribution >= 4 is 11.6 Å². The van der Waals surface area contributed by atoms with E-state index >= 15 is 0 Å². The maximum absolute atomic E-state index is 13.2. The van der Waals surface area contributed by atoms with E-state index in [9.17, 15) is 18.8 Å². The Bertz CT molecular complexity index is 972. The number of carbonyl (C=O) groups excluding carboxylic acids is 1. The molecule has 2 aromatic rings. The third-order valence-electron chi connectivity index (χ3n) is 5.30. The number of nitrogens with one attached hydrogen (secondary N) is 1. The third-order valence-corrected chi connectivity index (χ3v) is 5.30. The number of amides is 1. The van der Waals surface area contributed by atoms with Crippen molar-refractivity contribution in [1.82, 2.24) is 9.55 Å². The third kappa shape index (κ3) is 3.25. The number of hydrogen-bond acceptors (Lipinski definition) is 5. The van der Waals surface area contributed by atoms with E-state index in [4.69, 9.17) is 16.2 Å². The van der Waals surface area contributed by atoms with Crippen LogP contribution >= 0.6 is 0 Å². The Morgan fingerprint density at radius 1 is 1.26 bits per heavy atom. The highest BCUT2D eigenvalue weighted by molar-refractivity contribution is 5.95. The Hall–Kier alpha value is -2.94. The van der Waals surface area contributed by atoms with Crippen LogP contribution in [0.5, 0.6) is 0 Å². The summed E-state index contributed by atoms with van der Waals surface area (Å²) in [4.78, 5) is 38.4. The molecule has 0 atom stereocenters. The highest BCUT2D eigenvalue weighted by Crippen LogP contribution is 2.43. The van der Waals surface area contributed by atoms with Crippen LogP contribution in [0.3, 0.4) is 0 Å². The number of methoxy groups -OCH3 is 1. The second-order valence-corrected chi connectivity index (χ2v) is 6.69.